The largest absolute Gasteiger partial charge is 0.386 e. The SMILES string of the molecule is CCCSP(=O)(O)OCC.CN. The van der Waals surface area contributed by atoms with Gasteiger partial charge in [-0.25, -0.2) is 4.57 Å². The van der Waals surface area contributed by atoms with E-state index in [0.717, 1.165) is 17.8 Å². The molecule has 1 unspecified atom stereocenters. The summed E-state index contributed by atoms with van der Waals surface area (Å²) in [5.41, 5.74) is 4.50. The molecule has 0 saturated heterocycles. The second kappa shape index (κ2) is 9.55. The highest BCUT2D eigenvalue weighted by Gasteiger charge is 2.17. The van der Waals surface area contributed by atoms with Gasteiger partial charge in [0.1, 0.15) is 0 Å². The second-order valence-corrected chi connectivity index (χ2v) is 5.74. The van der Waals surface area contributed by atoms with Crippen molar-refractivity contribution in [2.75, 3.05) is 19.4 Å². The first-order chi connectivity index (χ1) is 5.62. The van der Waals surface area contributed by atoms with Gasteiger partial charge in [-0.3, -0.25) is 0 Å². The standard InChI is InChI=1S/C5H13O3PS.CH5N/c1-3-5-10-9(6,7)8-4-2;1-2/h3-5H2,1-2H3,(H,6,7);2H2,1H3. The van der Waals surface area contributed by atoms with Crippen LogP contribution in [0.15, 0.2) is 0 Å². The highest BCUT2D eigenvalue weighted by molar-refractivity contribution is 8.54. The van der Waals surface area contributed by atoms with E-state index in [2.05, 4.69) is 10.3 Å². The van der Waals surface area contributed by atoms with Gasteiger partial charge in [0.2, 0.25) is 0 Å². The van der Waals surface area contributed by atoms with E-state index in [4.69, 9.17) is 4.89 Å². The van der Waals surface area contributed by atoms with Crippen LogP contribution in [0, 0.1) is 0 Å². The van der Waals surface area contributed by atoms with Gasteiger partial charge in [0.05, 0.1) is 6.61 Å². The average molecular weight is 215 g/mol. The molecule has 12 heavy (non-hydrogen) atoms. The Morgan fingerprint density at radius 1 is 1.50 bits per heavy atom. The zero-order valence-electron chi connectivity index (χ0n) is 7.82. The molecular formula is C6H18NO3PS. The van der Waals surface area contributed by atoms with Gasteiger partial charge in [0.25, 0.3) is 0 Å². The Labute approximate surface area is 78.2 Å². The van der Waals surface area contributed by atoms with E-state index in [0.29, 0.717) is 12.4 Å². The molecular weight excluding hydrogens is 197 g/mol. The smallest absolute Gasteiger partial charge is 0.333 e. The van der Waals surface area contributed by atoms with E-state index < -0.39 is 6.80 Å². The van der Waals surface area contributed by atoms with Crippen LogP contribution in [0.4, 0.5) is 0 Å². The fourth-order valence-electron chi connectivity index (χ4n) is 0.407. The molecule has 0 aromatic heterocycles. The quantitative estimate of drug-likeness (QED) is 0.684. The van der Waals surface area contributed by atoms with Crippen LogP contribution < -0.4 is 5.73 Å². The van der Waals surface area contributed by atoms with Crippen molar-refractivity contribution in [3.05, 3.63) is 0 Å². The highest BCUT2D eigenvalue weighted by atomic mass is 32.7. The van der Waals surface area contributed by atoms with Gasteiger partial charge < -0.3 is 15.2 Å². The fourth-order valence-corrected chi connectivity index (χ4v) is 3.00. The average Bonchev–Trinajstić information content (AvgIpc) is 2.05. The maximum absolute atomic E-state index is 10.9. The molecule has 0 aromatic rings. The number of hydrogen-bond acceptors (Lipinski definition) is 4. The Morgan fingerprint density at radius 3 is 2.33 bits per heavy atom. The Kier molecular flexibility index (Phi) is 11.9. The van der Waals surface area contributed by atoms with Crippen LogP contribution >= 0.6 is 18.2 Å². The van der Waals surface area contributed by atoms with Crippen LogP contribution in [0.1, 0.15) is 20.3 Å². The molecule has 6 heteroatoms. The predicted octanol–water partition coefficient (Wildman–Crippen LogP) is 1.84. The van der Waals surface area contributed by atoms with Crippen LogP contribution in [-0.4, -0.2) is 24.3 Å². The summed E-state index contributed by atoms with van der Waals surface area (Å²) in [6.45, 7) is 0.665. The summed E-state index contributed by atoms with van der Waals surface area (Å²) in [6.07, 6.45) is 0.891. The van der Waals surface area contributed by atoms with Crippen LogP contribution in [0.25, 0.3) is 0 Å². The van der Waals surface area contributed by atoms with Crippen molar-refractivity contribution in [3.63, 3.8) is 0 Å². The number of nitrogens with two attached hydrogens (primary N) is 1. The topological polar surface area (TPSA) is 72.5 Å². The first kappa shape index (κ1) is 15.0. The summed E-state index contributed by atoms with van der Waals surface area (Å²) in [7, 11) is 1.50. The van der Waals surface area contributed by atoms with Crippen LogP contribution in [-0.2, 0) is 9.09 Å². The molecule has 0 radical (unpaired) electrons. The second-order valence-electron chi connectivity index (χ2n) is 1.72. The lowest BCUT2D eigenvalue weighted by Gasteiger charge is -2.07. The van der Waals surface area contributed by atoms with E-state index in [9.17, 15) is 4.57 Å². The van der Waals surface area contributed by atoms with Gasteiger partial charge in [0, 0.05) is 5.75 Å². The lowest BCUT2D eigenvalue weighted by atomic mass is 10.6. The third-order valence-electron chi connectivity index (χ3n) is 0.751. The molecule has 0 fully saturated rings. The van der Waals surface area contributed by atoms with Gasteiger partial charge in [-0.2, -0.15) is 0 Å². The maximum Gasteiger partial charge on any atom is 0.386 e. The molecule has 0 amide bonds. The normalized spacial score (nSPS) is 14.4. The van der Waals surface area contributed by atoms with E-state index >= 15 is 0 Å². The molecule has 0 rings (SSSR count). The highest BCUT2D eigenvalue weighted by Crippen LogP contribution is 2.55. The summed E-state index contributed by atoms with van der Waals surface area (Å²) in [5.74, 6) is 0.674. The van der Waals surface area contributed by atoms with Crippen LogP contribution in [0.2, 0.25) is 0 Å². The molecule has 76 valence electrons. The van der Waals surface area contributed by atoms with Crippen molar-refractivity contribution >= 4 is 18.2 Å². The molecule has 4 nitrogen and oxygen atoms in total. The summed E-state index contributed by atoms with van der Waals surface area (Å²) in [5, 5.41) is 0. The Hall–Kier alpha value is 0.460. The van der Waals surface area contributed by atoms with Crippen molar-refractivity contribution in [2.24, 2.45) is 5.73 Å². The Morgan fingerprint density at radius 2 is 2.00 bits per heavy atom. The molecule has 0 spiro atoms. The molecule has 0 aliphatic rings. The zero-order chi connectivity index (χ0) is 10.0. The zero-order valence-corrected chi connectivity index (χ0v) is 9.53. The maximum atomic E-state index is 10.9. The number of hydrogen-bond donors (Lipinski definition) is 2. The monoisotopic (exact) mass is 215 g/mol. The van der Waals surface area contributed by atoms with Gasteiger partial charge in [-0.1, -0.05) is 6.92 Å². The Balaban J connectivity index is 0. The molecule has 0 aliphatic carbocycles. The first-order valence-electron chi connectivity index (χ1n) is 3.82. The summed E-state index contributed by atoms with van der Waals surface area (Å²) in [4.78, 5) is 8.94. The van der Waals surface area contributed by atoms with E-state index in [-0.39, 0.29) is 0 Å². The van der Waals surface area contributed by atoms with Crippen LogP contribution in [0.3, 0.4) is 0 Å². The van der Waals surface area contributed by atoms with Crippen LogP contribution in [0.5, 0.6) is 0 Å². The molecule has 0 bridgehead atoms. The minimum Gasteiger partial charge on any atom is -0.333 e. The van der Waals surface area contributed by atoms with E-state index in [1.807, 2.05) is 6.92 Å². The van der Waals surface area contributed by atoms with Gasteiger partial charge in [-0.05, 0) is 31.8 Å². The molecule has 1 atom stereocenters. The molecule has 0 saturated carbocycles. The number of rotatable bonds is 5. The third kappa shape index (κ3) is 10.5. The van der Waals surface area contributed by atoms with Gasteiger partial charge >= 0.3 is 6.80 Å². The minimum atomic E-state index is -3.29. The fraction of sp³-hybridized carbons (Fsp3) is 1.00. The lowest BCUT2D eigenvalue weighted by molar-refractivity contribution is 0.291. The lowest BCUT2D eigenvalue weighted by Crippen LogP contribution is -1.85. The van der Waals surface area contributed by atoms with Crippen molar-refractivity contribution in [1.82, 2.24) is 0 Å². The molecule has 0 aromatic carbocycles. The molecule has 3 N–H and O–H groups in total. The summed E-state index contributed by atoms with van der Waals surface area (Å²) < 4.78 is 15.5. The summed E-state index contributed by atoms with van der Waals surface area (Å²) >= 11 is 0.992. The Bertz CT molecular complexity index is 134. The third-order valence-corrected chi connectivity index (χ3v) is 4.10. The summed E-state index contributed by atoms with van der Waals surface area (Å²) in [6, 6.07) is 0. The van der Waals surface area contributed by atoms with Gasteiger partial charge in [-0.15, -0.1) is 0 Å². The predicted molar refractivity (Wildman–Crippen MR) is 54.3 cm³/mol. The van der Waals surface area contributed by atoms with Gasteiger partial charge in [0.15, 0.2) is 0 Å². The van der Waals surface area contributed by atoms with Crippen molar-refractivity contribution in [1.29, 1.82) is 0 Å². The van der Waals surface area contributed by atoms with Crippen molar-refractivity contribution < 1.29 is 14.0 Å². The first-order valence-corrected chi connectivity index (χ1v) is 6.98. The molecule has 0 heterocycles. The minimum absolute atomic E-state index is 0.296. The van der Waals surface area contributed by atoms with Crippen molar-refractivity contribution in [3.8, 4) is 0 Å². The van der Waals surface area contributed by atoms with Crippen molar-refractivity contribution in [2.45, 2.75) is 20.3 Å². The molecule has 0 aliphatic heterocycles. The van der Waals surface area contributed by atoms with E-state index in [1.54, 1.807) is 6.92 Å². The van der Waals surface area contributed by atoms with E-state index in [1.165, 1.54) is 7.05 Å².